The maximum Gasteiger partial charge on any atom is 0.260 e. The molecule has 120 valence electrons. The lowest BCUT2D eigenvalue weighted by Gasteiger charge is -2.17. The predicted molar refractivity (Wildman–Crippen MR) is 84.3 cm³/mol. The van der Waals surface area contributed by atoms with Crippen molar-refractivity contribution in [2.45, 2.75) is 19.4 Å². The summed E-state index contributed by atoms with van der Waals surface area (Å²) in [4.78, 5) is 14.0. The molecule has 0 saturated carbocycles. The fourth-order valence-corrected chi connectivity index (χ4v) is 2.44. The number of nitrogens with zero attached hydrogens (tertiary/aromatic N) is 3. The molecule has 2 heterocycles. The number of aromatic nitrogens is 2. The van der Waals surface area contributed by atoms with Gasteiger partial charge in [-0.05, 0) is 25.1 Å². The van der Waals surface area contributed by atoms with Crippen LogP contribution in [0.5, 0.6) is 11.6 Å². The lowest BCUT2D eigenvalue weighted by atomic mass is 10.2. The molecule has 6 heteroatoms. The molecule has 3 rings (SSSR count). The Kier molecular flexibility index (Phi) is 4.71. The molecule has 1 aliphatic heterocycles. The van der Waals surface area contributed by atoms with Gasteiger partial charge in [0.05, 0.1) is 6.54 Å². The van der Waals surface area contributed by atoms with Crippen molar-refractivity contribution >= 4 is 5.91 Å². The van der Waals surface area contributed by atoms with Crippen molar-refractivity contribution < 1.29 is 14.3 Å². The van der Waals surface area contributed by atoms with Crippen molar-refractivity contribution in [2.24, 2.45) is 0 Å². The molecule has 1 saturated heterocycles. The lowest BCUT2D eigenvalue weighted by Crippen LogP contribution is -2.34. The second-order valence-corrected chi connectivity index (χ2v) is 5.53. The number of ether oxygens (including phenoxy) is 2. The first-order valence-electron chi connectivity index (χ1n) is 7.62. The second-order valence-electron chi connectivity index (χ2n) is 5.53. The van der Waals surface area contributed by atoms with Crippen molar-refractivity contribution in [3.63, 3.8) is 0 Å². The maximum absolute atomic E-state index is 12.2. The van der Waals surface area contributed by atoms with Crippen LogP contribution < -0.4 is 9.47 Å². The van der Waals surface area contributed by atoms with Crippen LogP contribution in [0, 0.1) is 6.92 Å². The van der Waals surface area contributed by atoms with Crippen LogP contribution in [0.1, 0.15) is 12.0 Å². The summed E-state index contributed by atoms with van der Waals surface area (Å²) < 4.78 is 11.3. The van der Waals surface area contributed by atoms with Crippen LogP contribution in [-0.4, -0.2) is 46.8 Å². The van der Waals surface area contributed by atoms with E-state index in [4.69, 9.17) is 9.47 Å². The van der Waals surface area contributed by atoms with Crippen LogP contribution >= 0.6 is 0 Å². The van der Waals surface area contributed by atoms with Crippen LogP contribution in [0.2, 0.25) is 0 Å². The SMILES string of the molecule is Cc1ccc(OCC(=O)N2CC[C@@H](Oc3cccnn3)C2)cc1. The van der Waals surface area contributed by atoms with Crippen LogP contribution in [-0.2, 0) is 4.79 Å². The number of amides is 1. The van der Waals surface area contributed by atoms with Crippen molar-refractivity contribution in [1.29, 1.82) is 0 Å². The summed E-state index contributed by atoms with van der Waals surface area (Å²) in [6.07, 6.45) is 2.34. The second kappa shape index (κ2) is 7.09. The number of carbonyl (C=O) groups is 1. The molecule has 1 aliphatic rings. The fourth-order valence-electron chi connectivity index (χ4n) is 2.44. The molecule has 1 aromatic heterocycles. The number of hydrogen-bond acceptors (Lipinski definition) is 5. The average Bonchev–Trinajstić information content (AvgIpc) is 3.03. The third kappa shape index (κ3) is 4.18. The van der Waals surface area contributed by atoms with E-state index in [0.717, 1.165) is 12.0 Å². The zero-order valence-corrected chi connectivity index (χ0v) is 13.0. The molecule has 0 radical (unpaired) electrons. The quantitative estimate of drug-likeness (QED) is 0.843. The molecule has 0 N–H and O–H groups in total. The van der Waals surface area contributed by atoms with Crippen molar-refractivity contribution in [3.05, 3.63) is 48.2 Å². The topological polar surface area (TPSA) is 64.5 Å². The van der Waals surface area contributed by atoms with E-state index in [1.807, 2.05) is 31.2 Å². The molecule has 1 amide bonds. The highest BCUT2D eigenvalue weighted by Gasteiger charge is 2.28. The van der Waals surface area contributed by atoms with Gasteiger partial charge in [-0.2, -0.15) is 5.10 Å². The lowest BCUT2D eigenvalue weighted by molar-refractivity contribution is -0.132. The van der Waals surface area contributed by atoms with Gasteiger partial charge in [0.15, 0.2) is 6.61 Å². The van der Waals surface area contributed by atoms with E-state index in [1.54, 1.807) is 23.2 Å². The molecule has 1 fully saturated rings. The third-order valence-corrected chi connectivity index (χ3v) is 3.72. The monoisotopic (exact) mass is 313 g/mol. The fraction of sp³-hybridized carbons (Fsp3) is 0.353. The molecule has 6 nitrogen and oxygen atoms in total. The molecule has 1 aromatic carbocycles. The highest BCUT2D eigenvalue weighted by Crippen LogP contribution is 2.16. The first kappa shape index (κ1) is 15.3. The van der Waals surface area contributed by atoms with Crippen LogP contribution in [0.4, 0.5) is 0 Å². The number of aryl methyl sites for hydroxylation is 1. The van der Waals surface area contributed by atoms with Gasteiger partial charge in [0.1, 0.15) is 11.9 Å². The van der Waals surface area contributed by atoms with Gasteiger partial charge in [-0.15, -0.1) is 5.10 Å². The Bertz CT molecular complexity index is 646. The smallest absolute Gasteiger partial charge is 0.260 e. The van der Waals surface area contributed by atoms with Crippen molar-refractivity contribution in [3.8, 4) is 11.6 Å². The van der Waals surface area contributed by atoms with Gasteiger partial charge in [-0.25, -0.2) is 0 Å². The van der Waals surface area contributed by atoms with Gasteiger partial charge in [0.25, 0.3) is 5.91 Å². The summed E-state index contributed by atoms with van der Waals surface area (Å²) in [5.41, 5.74) is 1.16. The summed E-state index contributed by atoms with van der Waals surface area (Å²) in [5.74, 6) is 1.16. The van der Waals surface area contributed by atoms with E-state index in [9.17, 15) is 4.79 Å². The largest absolute Gasteiger partial charge is 0.484 e. The van der Waals surface area contributed by atoms with Crippen molar-refractivity contribution in [2.75, 3.05) is 19.7 Å². The zero-order chi connectivity index (χ0) is 16.1. The highest BCUT2D eigenvalue weighted by atomic mass is 16.5. The Morgan fingerprint density at radius 3 is 2.87 bits per heavy atom. The molecule has 0 spiro atoms. The number of likely N-dealkylation sites (tertiary alicyclic amines) is 1. The molecule has 0 bridgehead atoms. The number of carbonyl (C=O) groups excluding carboxylic acids is 1. The van der Waals surface area contributed by atoms with Crippen LogP contribution in [0.25, 0.3) is 0 Å². The maximum atomic E-state index is 12.2. The third-order valence-electron chi connectivity index (χ3n) is 3.72. The minimum atomic E-state index is -0.0463. The van der Waals surface area contributed by atoms with E-state index in [0.29, 0.717) is 24.7 Å². The minimum absolute atomic E-state index is 0.0316. The summed E-state index contributed by atoms with van der Waals surface area (Å²) >= 11 is 0. The Balaban J connectivity index is 1.46. The van der Waals surface area contributed by atoms with Gasteiger partial charge in [0.2, 0.25) is 5.88 Å². The van der Waals surface area contributed by atoms with E-state index in [1.165, 1.54) is 0 Å². The minimum Gasteiger partial charge on any atom is -0.484 e. The van der Waals surface area contributed by atoms with Gasteiger partial charge < -0.3 is 14.4 Å². The van der Waals surface area contributed by atoms with Gasteiger partial charge >= 0.3 is 0 Å². The molecular weight excluding hydrogens is 294 g/mol. The molecule has 23 heavy (non-hydrogen) atoms. The summed E-state index contributed by atoms with van der Waals surface area (Å²) in [7, 11) is 0. The van der Waals surface area contributed by atoms with E-state index in [-0.39, 0.29) is 18.6 Å². The van der Waals surface area contributed by atoms with Crippen LogP contribution in [0.3, 0.4) is 0 Å². The molecule has 2 aromatic rings. The zero-order valence-electron chi connectivity index (χ0n) is 13.0. The molecule has 0 aliphatic carbocycles. The first-order chi connectivity index (χ1) is 11.2. The highest BCUT2D eigenvalue weighted by molar-refractivity contribution is 5.78. The van der Waals surface area contributed by atoms with Gasteiger partial charge in [-0.3, -0.25) is 4.79 Å². The first-order valence-corrected chi connectivity index (χ1v) is 7.62. The number of hydrogen-bond donors (Lipinski definition) is 0. The van der Waals surface area contributed by atoms with Crippen molar-refractivity contribution in [1.82, 2.24) is 15.1 Å². The predicted octanol–water partition coefficient (Wildman–Crippen LogP) is 1.84. The summed E-state index contributed by atoms with van der Waals surface area (Å²) in [6, 6.07) is 11.2. The van der Waals surface area contributed by atoms with Gasteiger partial charge in [-0.1, -0.05) is 17.7 Å². The normalized spacial score (nSPS) is 17.1. The van der Waals surface area contributed by atoms with E-state index < -0.39 is 0 Å². The molecular formula is C17H19N3O3. The molecule has 0 unspecified atom stereocenters. The van der Waals surface area contributed by atoms with E-state index in [2.05, 4.69) is 10.2 Å². The Morgan fingerprint density at radius 1 is 1.30 bits per heavy atom. The Morgan fingerprint density at radius 2 is 2.13 bits per heavy atom. The number of rotatable bonds is 5. The van der Waals surface area contributed by atoms with E-state index >= 15 is 0 Å². The standard InChI is InChI=1S/C17H19N3O3/c1-13-4-6-14(7-5-13)22-12-17(21)20-10-8-15(11-20)23-16-3-2-9-18-19-16/h2-7,9,15H,8,10-12H2,1H3/t15-/m1/s1. The average molecular weight is 313 g/mol. The Labute approximate surface area is 135 Å². The summed E-state index contributed by atoms with van der Waals surface area (Å²) in [5, 5.41) is 7.67. The Hall–Kier alpha value is -2.63. The summed E-state index contributed by atoms with van der Waals surface area (Å²) in [6.45, 7) is 3.27. The number of benzene rings is 1. The molecule has 1 atom stereocenters. The van der Waals surface area contributed by atoms with Crippen LogP contribution in [0.15, 0.2) is 42.6 Å². The van der Waals surface area contributed by atoms with Gasteiger partial charge in [0, 0.05) is 25.2 Å².